The van der Waals surface area contributed by atoms with Gasteiger partial charge in [-0.05, 0) is 35.6 Å². The summed E-state index contributed by atoms with van der Waals surface area (Å²) in [5, 5.41) is 9.83. The molecule has 1 aromatic rings. The molecule has 19 heavy (non-hydrogen) atoms. The zero-order valence-corrected chi connectivity index (χ0v) is 11.8. The Morgan fingerprint density at radius 3 is 2.00 bits per heavy atom. The van der Waals surface area contributed by atoms with E-state index in [1.54, 1.807) is 6.92 Å². The van der Waals surface area contributed by atoms with Crippen LogP contribution in [0.3, 0.4) is 0 Å². The third kappa shape index (κ3) is 1.76. The Balaban J connectivity index is 2.61. The topological polar surface area (TPSA) is 20.2 Å². The Kier molecular flexibility index (Phi) is 2.75. The number of phenols is 1. The van der Waals surface area contributed by atoms with E-state index in [0.717, 1.165) is 18.1 Å². The molecule has 2 unspecified atom stereocenters. The molecular weight excluding hydrogens is 253 g/mol. The van der Waals surface area contributed by atoms with Gasteiger partial charge in [-0.3, -0.25) is 0 Å². The summed E-state index contributed by atoms with van der Waals surface area (Å²) in [4.78, 5) is 0. The zero-order valence-electron chi connectivity index (χ0n) is 11.8. The minimum absolute atomic E-state index is 0.291. The van der Waals surface area contributed by atoms with E-state index in [1.165, 1.54) is 12.1 Å². The maximum Gasteiger partial charge on any atom is 0.292 e. The molecule has 4 heteroatoms. The van der Waals surface area contributed by atoms with Gasteiger partial charge in [-0.25, -0.2) is 13.2 Å². The van der Waals surface area contributed by atoms with Crippen LogP contribution in [0, 0.1) is 12.8 Å². The van der Waals surface area contributed by atoms with Crippen molar-refractivity contribution in [3.8, 4) is 5.75 Å². The number of hydrogen-bond acceptors (Lipinski definition) is 1. The number of alkyl halides is 3. The Hall–Kier alpha value is -1.19. The van der Waals surface area contributed by atoms with E-state index in [2.05, 4.69) is 0 Å². The third-order valence-electron chi connectivity index (χ3n) is 4.08. The molecule has 0 aliphatic heterocycles. The predicted octanol–water partition coefficient (Wildman–Crippen LogP) is 4.45. The molecule has 0 saturated heterocycles. The summed E-state index contributed by atoms with van der Waals surface area (Å²) in [5.74, 6) is -5.20. The van der Waals surface area contributed by atoms with E-state index in [1.807, 2.05) is 20.8 Å². The van der Waals surface area contributed by atoms with Crippen LogP contribution in [0.2, 0.25) is 0 Å². The molecule has 0 aromatic heterocycles. The van der Waals surface area contributed by atoms with Gasteiger partial charge >= 0.3 is 0 Å². The first-order valence-corrected chi connectivity index (χ1v) is 6.35. The number of rotatable bonds is 1. The molecule has 1 aliphatic carbocycles. The molecule has 106 valence electrons. The lowest BCUT2D eigenvalue weighted by Crippen LogP contribution is -2.17. The molecule has 0 bridgehead atoms. The number of hydrogen-bond donors (Lipinski definition) is 1. The van der Waals surface area contributed by atoms with Crippen molar-refractivity contribution in [1.29, 1.82) is 0 Å². The fourth-order valence-corrected chi connectivity index (χ4v) is 2.74. The fourth-order valence-electron chi connectivity index (χ4n) is 2.74. The quantitative estimate of drug-likeness (QED) is 0.801. The second-order valence-corrected chi connectivity index (χ2v) is 6.49. The van der Waals surface area contributed by atoms with Gasteiger partial charge in [0.25, 0.3) is 5.92 Å². The normalized spacial score (nSPS) is 29.4. The van der Waals surface area contributed by atoms with Crippen molar-refractivity contribution in [2.24, 2.45) is 5.92 Å². The van der Waals surface area contributed by atoms with Crippen LogP contribution in [-0.2, 0) is 11.1 Å². The second-order valence-electron chi connectivity index (χ2n) is 6.49. The molecular formula is C15H19F3O. The van der Waals surface area contributed by atoms with Crippen LogP contribution >= 0.6 is 0 Å². The van der Waals surface area contributed by atoms with Crippen LogP contribution in [0.5, 0.6) is 5.75 Å². The highest BCUT2D eigenvalue weighted by Crippen LogP contribution is 2.69. The lowest BCUT2D eigenvalue weighted by Gasteiger charge is -2.24. The second kappa shape index (κ2) is 3.68. The third-order valence-corrected chi connectivity index (χ3v) is 4.08. The summed E-state index contributed by atoms with van der Waals surface area (Å²) in [6.07, 6.45) is 0. The molecule has 0 spiro atoms. The molecule has 1 nitrogen and oxygen atoms in total. The molecule has 2 rings (SSSR count). The molecule has 0 amide bonds. The number of benzene rings is 1. The van der Waals surface area contributed by atoms with E-state index in [-0.39, 0.29) is 11.0 Å². The highest BCUT2D eigenvalue weighted by Gasteiger charge is 2.82. The number of aryl methyl sites for hydroxylation is 1. The van der Waals surface area contributed by atoms with Gasteiger partial charge in [0.1, 0.15) is 5.75 Å². The summed E-state index contributed by atoms with van der Waals surface area (Å²) in [7, 11) is 0. The van der Waals surface area contributed by atoms with Gasteiger partial charge in [-0.1, -0.05) is 27.7 Å². The lowest BCUT2D eigenvalue weighted by molar-refractivity contribution is 0.0381. The largest absolute Gasteiger partial charge is 0.508 e. The smallest absolute Gasteiger partial charge is 0.292 e. The Bertz CT molecular complexity index is 531. The standard InChI is InChI=1S/C15H19F3O/c1-8-6-12(19)11(7-10(8)13(3,4)5)14(16)9(2)15(14,17)18/h6-7,9,19H,1-5H3. The van der Waals surface area contributed by atoms with Crippen LogP contribution in [-0.4, -0.2) is 11.0 Å². The van der Waals surface area contributed by atoms with E-state index in [0.29, 0.717) is 0 Å². The molecule has 0 heterocycles. The van der Waals surface area contributed by atoms with Crippen molar-refractivity contribution in [2.45, 2.75) is 51.6 Å². The average molecular weight is 272 g/mol. The van der Waals surface area contributed by atoms with Gasteiger partial charge in [-0.15, -0.1) is 0 Å². The minimum atomic E-state index is -3.41. The first-order valence-electron chi connectivity index (χ1n) is 6.35. The summed E-state index contributed by atoms with van der Waals surface area (Å²) in [6.45, 7) is 8.72. The van der Waals surface area contributed by atoms with Gasteiger partial charge in [0.2, 0.25) is 5.67 Å². The van der Waals surface area contributed by atoms with E-state index < -0.39 is 23.3 Å². The highest BCUT2D eigenvalue weighted by molar-refractivity contribution is 5.51. The maximum atomic E-state index is 14.5. The molecule has 1 N–H and O–H groups in total. The Morgan fingerprint density at radius 1 is 1.16 bits per heavy atom. The fraction of sp³-hybridized carbons (Fsp3) is 0.600. The van der Waals surface area contributed by atoms with E-state index in [4.69, 9.17) is 0 Å². The first-order chi connectivity index (χ1) is 8.44. The van der Waals surface area contributed by atoms with Gasteiger partial charge < -0.3 is 5.11 Å². The van der Waals surface area contributed by atoms with Crippen LogP contribution in [0.15, 0.2) is 12.1 Å². The summed E-state index contributed by atoms with van der Waals surface area (Å²) < 4.78 is 41.4. The first kappa shape index (κ1) is 14.2. The van der Waals surface area contributed by atoms with Crippen molar-refractivity contribution in [3.05, 3.63) is 28.8 Å². The van der Waals surface area contributed by atoms with E-state index in [9.17, 15) is 18.3 Å². The van der Waals surface area contributed by atoms with Crippen LogP contribution in [0.25, 0.3) is 0 Å². The number of halogens is 3. The molecule has 1 saturated carbocycles. The Morgan fingerprint density at radius 2 is 1.63 bits per heavy atom. The van der Waals surface area contributed by atoms with E-state index >= 15 is 0 Å². The molecule has 0 radical (unpaired) electrons. The maximum absolute atomic E-state index is 14.5. The van der Waals surface area contributed by atoms with Gasteiger partial charge in [0.05, 0.1) is 5.92 Å². The number of phenolic OH excluding ortho intramolecular Hbond substituents is 1. The van der Waals surface area contributed by atoms with Crippen molar-refractivity contribution >= 4 is 0 Å². The predicted molar refractivity (Wildman–Crippen MR) is 68.4 cm³/mol. The van der Waals surface area contributed by atoms with Crippen LogP contribution in [0.1, 0.15) is 44.4 Å². The highest BCUT2D eigenvalue weighted by atomic mass is 19.3. The molecule has 2 atom stereocenters. The van der Waals surface area contributed by atoms with Crippen molar-refractivity contribution in [2.75, 3.05) is 0 Å². The molecule has 1 aliphatic rings. The minimum Gasteiger partial charge on any atom is -0.508 e. The van der Waals surface area contributed by atoms with Crippen LogP contribution in [0.4, 0.5) is 13.2 Å². The summed E-state index contributed by atoms with van der Waals surface area (Å²) >= 11 is 0. The monoisotopic (exact) mass is 272 g/mol. The van der Waals surface area contributed by atoms with Gasteiger partial charge in [0, 0.05) is 5.56 Å². The summed E-state index contributed by atoms with van der Waals surface area (Å²) in [5.41, 5.74) is -1.79. The van der Waals surface area contributed by atoms with Crippen molar-refractivity contribution in [1.82, 2.24) is 0 Å². The zero-order chi connectivity index (χ0) is 14.8. The van der Waals surface area contributed by atoms with Crippen LogP contribution < -0.4 is 0 Å². The SMILES string of the molecule is Cc1cc(O)c(C2(F)C(C)C2(F)F)cc1C(C)(C)C. The van der Waals surface area contributed by atoms with Crippen molar-refractivity contribution in [3.63, 3.8) is 0 Å². The Labute approximate surface area is 111 Å². The lowest BCUT2D eigenvalue weighted by atomic mass is 9.82. The summed E-state index contributed by atoms with van der Waals surface area (Å²) in [6, 6.07) is 2.76. The average Bonchev–Trinajstić information content (AvgIpc) is 2.61. The number of aromatic hydroxyl groups is 1. The van der Waals surface area contributed by atoms with Gasteiger partial charge in [-0.2, -0.15) is 0 Å². The molecule has 1 aromatic carbocycles. The van der Waals surface area contributed by atoms with Gasteiger partial charge in [0.15, 0.2) is 0 Å². The van der Waals surface area contributed by atoms with Crippen molar-refractivity contribution < 1.29 is 18.3 Å². The molecule has 1 fully saturated rings.